The van der Waals surface area contributed by atoms with Crippen LogP contribution >= 0.6 is 15.9 Å². The Morgan fingerprint density at radius 2 is 1.77 bits per heavy atom. The van der Waals surface area contributed by atoms with Gasteiger partial charge in [-0.25, -0.2) is 4.79 Å². The van der Waals surface area contributed by atoms with Gasteiger partial charge in [-0.1, -0.05) is 57.9 Å². The Morgan fingerprint density at radius 3 is 2.35 bits per heavy atom. The monoisotopic (exact) mass is 442 g/mol. The molecule has 0 bridgehead atoms. The van der Waals surface area contributed by atoms with Gasteiger partial charge in [0, 0.05) is 4.47 Å². The molecule has 0 aromatic heterocycles. The van der Waals surface area contributed by atoms with Crippen molar-refractivity contribution in [1.82, 2.24) is 10.6 Å². The third-order valence-corrected chi connectivity index (χ3v) is 4.34. The van der Waals surface area contributed by atoms with Crippen LogP contribution in [0.4, 0.5) is 4.79 Å². The van der Waals surface area contributed by atoms with Crippen LogP contribution < -0.4 is 67.1 Å². The second kappa shape index (κ2) is 11.2. The number of nitrogens with one attached hydrogen (secondary N) is 2. The van der Waals surface area contributed by atoms with Gasteiger partial charge >= 0.3 is 57.4 Å². The molecule has 0 fully saturated rings. The molecule has 2 rings (SSSR count). The minimum absolute atomic E-state index is 0. The molecule has 0 radical (unpaired) electrons. The number of carboxylic acid groups (broad SMARTS) is 1. The van der Waals surface area contributed by atoms with Gasteiger partial charge in [0.2, 0.25) is 0 Å². The second-order valence-corrected chi connectivity index (χ2v) is 6.87. The van der Waals surface area contributed by atoms with E-state index in [4.69, 9.17) is 0 Å². The largest absolute Gasteiger partial charge is 1.00 e. The average Bonchev–Trinajstić information content (AvgIpc) is 2.54. The summed E-state index contributed by atoms with van der Waals surface area (Å²) in [7, 11) is 0. The van der Waals surface area contributed by atoms with E-state index in [1.165, 1.54) is 0 Å². The van der Waals surface area contributed by atoms with Gasteiger partial charge in [0.05, 0.1) is 18.1 Å². The smallest absolute Gasteiger partial charge is 0.548 e. The number of hydrogen-bond donors (Lipinski definition) is 2. The van der Waals surface area contributed by atoms with Gasteiger partial charge in [-0.05, 0) is 43.5 Å². The molecule has 5 nitrogen and oxygen atoms in total. The first-order valence-corrected chi connectivity index (χ1v) is 8.73. The van der Waals surface area contributed by atoms with E-state index in [1.807, 2.05) is 56.3 Å². The van der Waals surface area contributed by atoms with Crippen molar-refractivity contribution in [3.05, 3.63) is 69.7 Å². The van der Waals surface area contributed by atoms with E-state index in [1.54, 1.807) is 6.07 Å². The molecular formula is C19H20BrKN2O3. The normalized spacial score (nSPS) is 12.4. The maximum absolute atomic E-state index is 12.1. The van der Waals surface area contributed by atoms with Crippen molar-refractivity contribution in [2.24, 2.45) is 0 Å². The predicted molar refractivity (Wildman–Crippen MR) is 97.9 cm³/mol. The van der Waals surface area contributed by atoms with Gasteiger partial charge in [0.1, 0.15) is 0 Å². The number of aliphatic carboxylic acids is 1. The first kappa shape index (κ1) is 23.3. The Labute approximate surface area is 204 Å². The molecule has 0 spiro atoms. The molecule has 132 valence electrons. The van der Waals surface area contributed by atoms with Crippen LogP contribution in [0.15, 0.2) is 53.0 Å². The summed E-state index contributed by atoms with van der Waals surface area (Å²) in [5.41, 5.74) is 2.86. The molecule has 0 aliphatic heterocycles. The molecular weight excluding hydrogens is 423 g/mol. The second-order valence-electron chi connectivity index (χ2n) is 5.96. The van der Waals surface area contributed by atoms with E-state index in [2.05, 4.69) is 26.6 Å². The van der Waals surface area contributed by atoms with Crippen molar-refractivity contribution in [2.75, 3.05) is 0 Å². The maximum atomic E-state index is 12.1. The van der Waals surface area contributed by atoms with Crippen LogP contribution in [0.1, 0.15) is 29.7 Å². The molecule has 2 N–H and O–H groups in total. The molecule has 0 heterocycles. The average molecular weight is 443 g/mol. The van der Waals surface area contributed by atoms with Crippen molar-refractivity contribution in [3.63, 3.8) is 0 Å². The Bertz CT molecular complexity index is 753. The molecule has 2 unspecified atom stereocenters. The number of halogens is 1. The number of hydrogen-bond acceptors (Lipinski definition) is 3. The number of benzene rings is 2. The van der Waals surface area contributed by atoms with Gasteiger partial charge in [-0.3, -0.25) is 0 Å². The van der Waals surface area contributed by atoms with Crippen molar-refractivity contribution in [2.45, 2.75) is 32.4 Å². The zero-order valence-corrected chi connectivity index (χ0v) is 19.8. The number of rotatable bonds is 6. The number of aryl methyl sites for hydroxylation is 1. The summed E-state index contributed by atoms with van der Waals surface area (Å²) in [4.78, 5) is 23.5. The summed E-state index contributed by atoms with van der Waals surface area (Å²) >= 11 is 3.34. The van der Waals surface area contributed by atoms with Gasteiger partial charge < -0.3 is 20.5 Å². The summed E-state index contributed by atoms with van der Waals surface area (Å²) in [6, 6.07) is 13.2. The summed E-state index contributed by atoms with van der Waals surface area (Å²) in [5, 5.41) is 16.6. The molecule has 2 aromatic carbocycles. The molecule has 2 atom stereocenters. The van der Waals surface area contributed by atoms with Crippen LogP contribution in [0.2, 0.25) is 0 Å². The third-order valence-electron chi connectivity index (χ3n) is 3.84. The van der Waals surface area contributed by atoms with E-state index in [0.717, 1.165) is 21.2 Å². The number of carbonyl (C=O) groups is 2. The van der Waals surface area contributed by atoms with Crippen molar-refractivity contribution in [1.29, 1.82) is 0 Å². The van der Waals surface area contributed by atoms with Crippen molar-refractivity contribution >= 4 is 27.9 Å². The Kier molecular flexibility index (Phi) is 10.1. The SMILES string of the molecule is Cc1ccc(C(C)NC(=O)NC(Cc2cccc(Br)c2)C(=O)[O-])cc1.[K+]. The van der Waals surface area contributed by atoms with Gasteiger partial charge in [0.25, 0.3) is 0 Å². The third kappa shape index (κ3) is 7.50. The minimum atomic E-state index is -1.32. The molecule has 26 heavy (non-hydrogen) atoms. The molecule has 0 saturated heterocycles. The van der Waals surface area contributed by atoms with Gasteiger partial charge in [-0.2, -0.15) is 0 Å². The minimum Gasteiger partial charge on any atom is -0.548 e. The zero-order chi connectivity index (χ0) is 18.4. The first-order chi connectivity index (χ1) is 11.8. The molecule has 2 aromatic rings. The molecule has 0 saturated carbocycles. The van der Waals surface area contributed by atoms with Crippen molar-refractivity contribution in [3.8, 4) is 0 Å². The fourth-order valence-corrected chi connectivity index (χ4v) is 2.87. The Balaban J connectivity index is 0.00000338. The standard InChI is InChI=1S/C19H21BrN2O3.K/c1-12-6-8-15(9-7-12)13(2)21-19(25)22-17(18(23)24)11-14-4-3-5-16(20)10-14;/h3-10,13,17H,11H2,1-2H3,(H,23,24)(H2,21,22,25);/q;+1/p-1. The Morgan fingerprint density at radius 1 is 1.12 bits per heavy atom. The summed E-state index contributed by atoms with van der Waals surface area (Å²) in [5.74, 6) is -1.32. The predicted octanol–water partition coefficient (Wildman–Crippen LogP) is -0.517. The maximum Gasteiger partial charge on any atom is 1.00 e. The Hall–Kier alpha value is -0.704. The van der Waals surface area contributed by atoms with Gasteiger partial charge in [-0.15, -0.1) is 0 Å². The fourth-order valence-electron chi connectivity index (χ4n) is 2.43. The topological polar surface area (TPSA) is 81.3 Å². The summed E-state index contributed by atoms with van der Waals surface area (Å²) in [6.07, 6.45) is 0.147. The van der Waals surface area contributed by atoms with E-state index in [0.29, 0.717) is 0 Å². The van der Waals surface area contributed by atoms with E-state index >= 15 is 0 Å². The molecule has 2 amide bonds. The number of carbonyl (C=O) groups excluding carboxylic acids is 2. The van der Waals surface area contributed by atoms with Crippen LogP contribution in [0.3, 0.4) is 0 Å². The van der Waals surface area contributed by atoms with E-state index in [-0.39, 0.29) is 63.8 Å². The van der Waals surface area contributed by atoms with E-state index in [9.17, 15) is 14.7 Å². The fraction of sp³-hybridized carbons (Fsp3) is 0.263. The number of amides is 2. The van der Waals surface area contributed by atoms with Gasteiger partial charge in [0.15, 0.2) is 0 Å². The number of carboxylic acids is 1. The van der Waals surface area contributed by atoms with Crippen molar-refractivity contribution < 1.29 is 66.1 Å². The summed E-state index contributed by atoms with van der Waals surface area (Å²) < 4.78 is 0.847. The van der Waals surface area contributed by atoms with Crippen LogP contribution in [-0.2, 0) is 11.2 Å². The molecule has 7 heteroatoms. The molecule has 0 aliphatic carbocycles. The van der Waals surface area contributed by atoms with Crippen LogP contribution in [0.25, 0.3) is 0 Å². The zero-order valence-electron chi connectivity index (χ0n) is 15.1. The summed E-state index contributed by atoms with van der Waals surface area (Å²) in [6.45, 7) is 3.83. The van der Waals surface area contributed by atoms with E-state index < -0.39 is 18.0 Å². The number of urea groups is 1. The first-order valence-electron chi connectivity index (χ1n) is 7.94. The van der Waals surface area contributed by atoms with Crippen LogP contribution in [0, 0.1) is 6.92 Å². The van der Waals surface area contributed by atoms with Crippen LogP contribution in [-0.4, -0.2) is 18.0 Å². The quantitative estimate of drug-likeness (QED) is 0.590. The van der Waals surface area contributed by atoms with Crippen LogP contribution in [0.5, 0.6) is 0 Å². The molecule has 0 aliphatic rings.